The minimum Gasteiger partial charge on any atom is -0.504 e. The Balaban J connectivity index is 3.48. The Morgan fingerprint density at radius 1 is 1.41 bits per heavy atom. The molecule has 0 spiro atoms. The van der Waals surface area contributed by atoms with E-state index in [1.807, 2.05) is 0 Å². The van der Waals surface area contributed by atoms with Crippen molar-refractivity contribution in [2.45, 2.75) is 19.3 Å². The van der Waals surface area contributed by atoms with Gasteiger partial charge >= 0.3 is 5.97 Å². The summed E-state index contributed by atoms with van der Waals surface area (Å²) >= 11 is 0. The van der Waals surface area contributed by atoms with Gasteiger partial charge in [-0.2, -0.15) is 0 Å². The number of aliphatic hydroxyl groups is 1. The molecule has 1 rings (SSSR count). The lowest BCUT2D eigenvalue weighted by atomic mass is 9.84. The average Bonchev–Trinajstić information content (AvgIpc) is 2.28. The number of ether oxygens (including phenoxy) is 1. The molecular formula is C12H16O5. The summed E-state index contributed by atoms with van der Waals surface area (Å²) in [6, 6.07) is 2.59. The highest BCUT2D eigenvalue weighted by Crippen LogP contribution is 2.38. The van der Waals surface area contributed by atoms with Crippen molar-refractivity contribution in [3.8, 4) is 11.5 Å². The molecule has 17 heavy (non-hydrogen) atoms. The van der Waals surface area contributed by atoms with E-state index in [0.717, 1.165) is 0 Å². The van der Waals surface area contributed by atoms with Crippen LogP contribution in [0.4, 0.5) is 0 Å². The molecule has 0 aliphatic heterocycles. The molecule has 0 fully saturated rings. The van der Waals surface area contributed by atoms with Gasteiger partial charge in [0.1, 0.15) is 0 Å². The van der Waals surface area contributed by atoms with E-state index in [9.17, 15) is 15.0 Å². The first-order valence-corrected chi connectivity index (χ1v) is 5.09. The molecule has 1 aromatic rings. The zero-order valence-corrected chi connectivity index (χ0v) is 10.0. The number of carboxylic acid groups (broad SMARTS) is 1. The summed E-state index contributed by atoms with van der Waals surface area (Å²) in [4.78, 5) is 10.9. The van der Waals surface area contributed by atoms with Crippen molar-refractivity contribution < 1.29 is 24.9 Å². The van der Waals surface area contributed by atoms with E-state index < -0.39 is 11.4 Å². The summed E-state index contributed by atoms with van der Waals surface area (Å²) in [5, 5.41) is 28.2. The van der Waals surface area contributed by atoms with E-state index in [-0.39, 0.29) is 23.7 Å². The highest BCUT2D eigenvalue weighted by Gasteiger charge is 2.26. The van der Waals surface area contributed by atoms with Gasteiger partial charge in [-0.1, -0.05) is 13.8 Å². The van der Waals surface area contributed by atoms with Crippen LogP contribution in [0.25, 0.3) is 0 Å². The Bertz CT molecular complexity index is 437. The van der Waals surface area contributed by atoms with Gasteiger partial charge < -0.3 is 20.1 Å². The van der Waals surface area contributed by atoms with E-state index in [1.165, 1.54) is 19.2 Å². The van der Waals surface area contributed by atoms with Crippen LogP contribution in [0.2, 0.25) is 0 Å². The van der Waals surface area contributed by atoms with E-state index >= 15 is 0 Å². The molecule has 0 heterocycles. The maximum Gasteiger partial charge on any atom is 0.335 e. The van der Waals surface area contributed by atoms with Gasteiger partial charge in [0, 0.05) is 11.0 Å². The minimum absolute atomic E-state index is 0.0103. The highest BCUT2D eigenvalue weighted by atomic mass is 16.5. The fourth-order valence-electron chi connectivity index (χ4n) is 1.49. The first-order chi connectivity index (χ1) is 7.83. The zero-order valence-electron chi connectivity index (χ0n) is 10.0. The second-order valence-corrected chi connectivity index (χ2v) is 4.42. The van der Waals surface area contributed by atoms with Crippen LogP contribution in [-0.4, -0.2) is 35.0 Å². The molecule has 0 amide bonds. The molecule has 0 aromatic heterocycles. The summed E-state index contributed by atoms with van der Waals surface area (Å²) < 4.78 is 4.92. The minimum atomic E-state index is -1.11. The molecular weight excluding hydrogens is 224 g/mol. The van der Waals surface area contributed by atoms with E-state index in [1.54, 1.807) is 13.8 Å². The van der Waals surface area contributed by atoms with Crippen molar-refractivity contribution >= 4 is 5.97 Å². The molecule has 0 aliphatic rings. The van der Waals surface area contributed by atoms with Gasteiger partial charge in [-0.25, -0.2) is 4.79 Å². The van der Waals surface area contributed by atoms with E-state index in [4.69, 9.17) is 9.84 Å². The molecule has 3 N–H and O–H groups in total. The smallest absolute Gasteiger partial charge is 0.335 e. The van der Waals surface area contributed by atoms with Gasteiger partial charge in [0.2, 0.25) is 0 Å². The summed E-state index contributed by atoms with van der Waals surface area (Å²) in [6.07, 6.45) is 0. The average molecular weight is 240 g/mol. The fourth-order valence-corrected chi connectivity index (χ4v) is 1.49. The number of aromatic carboxylic acids is 1. The number of hydrogen-bond acceptors (Lipinski definition) is 4. The Morgan fingerprint density at radius 3 is 2.41 bits per heavy atom. The Kier molecular flexibility index (Phi) is 3.63. The predicted octanol–water partition coefficient (Wildman–Crippen LogP) is 1.37. The molecule has 0 bridgehead atoms. The van der Waals surface area contributed by atoms with Crippen molar-refractivity contribution in [1.29, 1.82) is 0 Å². The van der Waals surface area contributed by atoms with Crippen LogP contribution in [0.1, 0.15) is 29.8 Å². The van der Waals surface area contributed by atoms with Crippen molar-refractivity contribution in [2.24, 2.45) is 0 Å². The van der Waals surface area contributed by atoms with Crippen molar-refractivity contribution in [1.82, 2.24) is 0 Å². The largest absolute Gasteiger partial charge is 0.504 e. The third kappa shape index (κ3) is 2.50. The number of methoxy groups -OCH3 is 1. The van der Waals surface area contributed by atoms with Gasteiger partial charge in [-0.3, -0.25) is 0 Å². The molecule has 0 aliphatic carbocycles. The summed E-state index contributed by atoms with van der Waals surface area (Å²) in [6.45, 7) is 3.19. The maximum atomic E-state index is 10.9. The van der Waals surface area contributed by atoms with Crippen molar-refractivity contribution in [2.75, 3.05) is 13.7 Å². The molecule has 0 saturated carbocycles. The van der Waals surface area contributed by atoms with Crippen LogP contribution in [0.5, 0.6) is 11.5 Å². The summed E-state index contributed by atoms with van der Waals surface area (Å²) in [5.41, 5.74) is -0.393. The summed E-state index contributed by atoms with van der Waals surface area (Å²) in [5.74, 6) is -1.17. The van der Waals surface area contributed by atoms with Gasteiger partial charge in [-0.05, 0) is 12.1 Å². The lowest BCUT2D eigenvalue weighted by molar-refractivity contribution is 0.0696. The maximum absolute atomic E-state index is 10.9. The van der Waals surface area contributed by atoms with E-state index in [2.05, 4.69) is 0 Å². The SMILES string of the molecule is COc1cc(C(=O)O)cc(C(C)(C)CO)c1O. The van der Waals surface area contributed by atoms with Gasteiger partial charge in [0.15, 0.2) is 11.5 Å². The number of phenolic OH excluding ortho intramolecular Hbond substituents is 1. The van der Waals surface area contributed by atoms with Crippen molar-refractivity contribution in [3.63, 3.8) is 0 Å². The molecule has 0 radical (unpaired) electrons. The first kappa shape index (κ1) is 13.3. The highest BCUT2D eigenvalue weighted by molar-refractivity contribution is 5.89. The first-order valence-electron chi connectivity index (χ1n) is 5.09. The van der Waals surface area contributed by atoms with Gasteiger partial charge in [0.05, 0.1) is 19.3 Å². The van der Waals surface area contributed by atoms with Crippen LogP contribution in [0.15, 0.2) is 12.1 Å². The number of benzene rings is 1. The number of hydrogen-bond donors (Lipinski definition) is 3. The monoisotopic (exact) mass is 240 g/mol. The number of aliphatic hydroxyl groups excluding tert-OH is 1. The Morgan fingerprint density at radius 2 is 2.00 bits per heavy atom. The van der Waals surface area contributed by atoms with Gasteiger partial charge in [-0.15, -0.1) is 0 Å². The van der Waals surface area contributed by atoms with Crippen LogP contribution < -0.4 is 4.74 Å². The molecule has 0 saturated heterocycles. The zero-order chi connectivity index (χ0) is 13.2. The third-order valence-electron chi connectivity index (χ3n) is 2.67. The molecule has 0 unspecified atom stereocenters. The normalized spacial score (nSPS) is 11.3. The predicted molar refractivity (Wildman–Crippen MR) is 61.7 cm³/mol. The van der Waals surface area contributed by atoms with Crippen LogP contribution in [0, 0.1) is 0 Å². The lowest BCUT2D eigenvalue weighted by Gasteiger charge is -2.24. The third-order valence-corrected chi connectivity index (χ3v) is 2.67. The molecule has 0 atom stereocenters. The van der Waals surface area contributed by atoms with Crippen molar-refractivity contribution in [3.05, 3.63) is 23.3 Å². The number of rotatable bonds is 4. The second-order valence-electron chi connectivity index (χ2n) is 4.42. The quantitative estimate of drug-likeness (QED) is 0.739. The Hall–Kier alpha value is -1.75. The second kappa shape index (κ2) is 4.63. The number of carboxylic acids is 1. The van der Waals surface area contributed by atoms with Gasteiger partial charge in [0.25, 0.3) is 0 Å². The summed E-state index contributed by atoms with van der Waals surface area (Å²) in [7, 11) is 1.34. The standard InChI is InChI=1S/C12H16O5/c1-12(2,6-13)8-4-7(11(15)16)5-9(17-3)10(8)14/h4-5,13-14H,6H2,1-3H3,(H,15,16). The lowest BCUT2D eigenvalue weighted by Crippen LogP contribution is -2.23. The van der Waals surface area contributed by atoms with Crippen LogP contribution >= 0.6 is 0 Å². The van der Waals surface area contributed by atoms with Crippen LogP contribution in [0.3, 0.4) is 0 Å². The Labute approximate surface area is 99.3 Å². The van der Waals surface area contributed by atoms with Crippen LogP contribution in [-0.2, 0) is 5.41 Å². The topological polar surface area (TPSA) is 87.0 Å². The fraction of sp³-hybridized carbons (Fsp3) is 0.417. The molecule has 5 heteroatoms. The molecule has 94 valence electrons. The molecule has 1 aromatic carbocycles. The number of phenols is 1. The number of carbonyl (C=O) groups is 1. The molecule has 5 nitrogen and oxygen atoms in total. The number of aromatic hydroxyl groups is 1. The van der Waals surface area contributed by atoms with E-state index in [0.29, 0.717) is 5.56 Å².